The number of aromatic nitrogens is 2. The fourth-order valence-electron chi connectivity index (χ4n) is 1.55. The molecule has 0 aliphatic heterocycles. The summed E-state index contributed by atoms with van der Waals surface area (Å²) in [5, 5.41) is 5.39. The van der Waals surface area contributed by atoms with Crippen LogP contribution in [0.4, 0.5) is 11.6 Å². The second-order valence-corrected chi connectivity index (χ2v) is 6.09. The van der Waals surface area contributed by atoms with Gasteiger partial charge in [0.05, 0.1) is 0 Å². The van der Waals surface area contributed by atoms with Gasteiger partial charge in [0.25, 0.3) is 0 Å². The van der Waals surface area contributed by atoms with E-state index in [-0.39, 0.29) is 34.1 Å². The highest BCUT2D eigenvalue weighted by atomic mass is 35.5. The highest BCUT2D eigenvalue weighted by molar-refractivity contribution is 6.31. The second-order valence-electron chi connectivity index (χ2n) is 5.73. The first kappa shape index (κ1) is 18.7. The van der Waals surface area contributed by atoms with Crippen LogP contribution in [0.3, 0.4) is 0 Å². The van der Waals surface area contributed by atoms with E-state index in [2.05, 4.69) is 20.6 Å². The van der Waals surface area contributed by atoms with Crippen molar-refractivity contribution in [3.8, 4) is 0 Å². The van der Waals surface area contributed by atoms with Crippen LogP contribution in [0.2, 0.25) is 5.15 Å². The maximum atomic E-state index is 12.0. The van der Waals surface area contributed by atoms with Crippen LogP contribution in [0.15, 0.2) is 11.8 Å². The normalized spacial score (nSPS) is 11.8. The molecule has 0 bridgehead atoms. The van der Waals surface area contributed by atoms with Gasteiger partial charge in [0.1, 0.15) is 5.76 Å². The number of rotatable bonds is 4. The van der Waals surface area contributed by atoms with Crippen molar-refractivity contribution in [3.63, 3.8) is 0 Å². The zero-order valence-corrected chi connectivity index (χ0v) is 14.4. The van der Waals surface area contributed by atoms with Crippen LogP contribution in [0.5, 0.6) is 0 Å². The quantitative estimate of drug-likeness (QED) is 0.433. The number of nitrogens with zero attached hydrogens (tertiary/aromatic N) is 2. The number of ether oxygens (including phenoxy) is 1. The Balaban J connectivity index is 2.87. The standard InChI is InChI=1S/C14H20ClN5O3/c1-7(6-8(21)20-14(2,3)4)23-13(22)9-11(16)19-12(17-5)10(15)18-9/h6H,1-5H3,(H,20,21)(H3,16,17,19)/b7-6-. The number of halogens is 1. The first-order chi connectivity index (χ1) is 10.5. The van der Waals surface area contributed by atoms with Gasteiger partial charge in [-0.15, -0.1) is 0 Å². The number of esters is 1. The third-order valence-corrected chi connectivity index (χ3v) is 2.66. The lowest BCUT2D eigenvalue weighted by Crippen LogP contribution is -2.39. The first-order valence-electron chi connectivity index (χ1n) is 6.77. The molecule has 8 nitrogen and oxygen atoms in total. The largest absolute Gasteiger partial charge is 0.426 e. The molecule has 1 amide bonds. The lowest BCUT2D eigenvalue weighted by atomic mass is 10.1. The molecular formula is C14H20ClN5O3. The number of allylic oxidation sites excluding steroid dienone is 1. The van der Waals surface area contributed by atoms with E-state index >= 15 is 0 Å². The van der Waals surface area contributed by atoms with E-state index in [0.29, 0.717) is 0 Å². The molecule has 4 N–H and O–H groups in total. The molecule has 0 saturated carbocycles. The van der Waals surface area contributed by atoms with Crippen molar-refractivity contribution in [1.82, 2.24) is 15.3 Å². The molecule has 0 radical (unpaired) electrons. The summed E-state index contributed by atoms with van der Waals surface area (Å²) >= 11 is 5.86. The molecule has 1 heterocycles. The van der Waals surface area contributed by atoms with E-state index in [1.54, 1.807) is 7.05 Å². The van der Waals surface area contributed by atoms with Crippen molar-refractivity contribution >= 4 is 35.1 Å². The third-order valence-electron chi connectivity index (χ3n) is 2.40. The minimum absolute atomic E-state index is 0.0132. The Labute approximate surface area is 139 Å². The minimum atomic E-state index is -0.850. The van der Waals surface area contributed by atoms with Crippen LogP contribution in [0.1, 0.15) is 38.2 Å². The Kier molecular flexibility index (Phi) is 5.91. The van der Waals surface area contributed by atoms with Gasteiger partial charge in [-0.3, -0.25) is 4.79 Å². The summed E-state index contributed by atoms with van der Waals surface area (Å²) in [6, 6.07) is 0. The fourth-order valence-corrected chi connectivity index (χ4v) is 1.77. The molecule has 0 atom stereocenters. The number of anilines is 2. The van der Waals surface area contributed by atoms with E-state index in [0.717, 1.165) is 6.08 Å². The van der Waals surface area contributed by atoms with Gasteiger partial charge in [0.2, 0.25) is 5.91 Å². The average Bonchev–Trinajstić information content (AvgIpc) is 2.37. The number of carbonyl (C=O) groups excluding carboxylic acids is 2. The van der Waals surface area contributed by atoms with E-state index in [1.807, 2.05) is 20.8 Å². The van der Waals surface area contributed by atoms with Crippen LogP contribution in [0.25, 0.3) is 0 Å². The molecule has 0 spiro atoms. The summed E-state index contributed by atoms with van der Waals surface area (Å²) in [5.74, 6) is -1.03. The highest BCUT2D eigenvalue weighted by Gasteiger charge is 2.19. The molecule has 0 unspecified atom stereocenters. The molecule has 1 aromatic rings. The Bertz CT molecular complexity index is 653. The number of hydrogen-bond donors (Lipinski definition) is 3. The van der Waals surface area contributed by atoms with Crippen molar-refractivity contribution in [1.29, 1.82) is 0 Å². The summed E-state index contributed by atoms with van der Waals surface area (Å²) in [6.07, 6.45) is 1.16. The topological polar surface area (TPSA) is 119 Å². The van der Waals surface area contributed by atoms with Gasteiger partial charge < -0.3 is 21.1 Å². The summed E-state index contributed by atoms with van der Waals surface area (Å²) in [7, 11) is 1.59. The van der Waals surface area contributed by atoms with Crippen LogP contribution in [0, 0.1) is 0 Å². The molecule has 0 fully saturated rings. The number of hydrogen-bond acceptors (Lipinski definition) is 7. The van der Waals surface area contributed by atoms with Crippen LogP contribution in [-0.4, -0.2) is 34.4 Å². The van der Waals surface area contributed by atoms with E-state index < -0.39 is 11.5 Å². The van der Waals surface area contributed by atoms with Crippen LogP contribution >= 0.6 is 11.6 Å². The Morgan fingerprint density at radius 3 is 2.43 bits per heavy atom. The van der Waals surface area contributed by atoms with E-state index in [4.69, 9.17) is 22.1 Å². The Morgan fingerprint density at radius 2 is 1.91 bits per heavy atom. The van der Waals surface area contributed by atoms with Gasteiger partial charge in [0.15, 0.2) is 22.5 Å². The van der Waals surface area contributed by atoms with Gasteiger partial charge in [-0.05, 0) is 27.7 Å². The van der Waals surface area contributed by atoms with Crippen molar-refractivity contribution in [2.24, 2.45) is 0 Å². The van der Waals surface area contributed by atoms with Crippen LogP contribution < -0.4 is 16.4 Å². The Hall–Kier alpha value is -2.35. The zero-order chi connectivity index (χ0) is 17.8. The molecule has 126 valence electrons. The van der Waals surface area contributed by atoms with Crippen molar-refractivity contribution in [2.75, 3.05) is 18.1 Å². The predicted octanol–water partition coefficient (Wildman–Crippen LogP) is 1.73. The van der Waals surface area contributed by atoms with Gasteiger partial charge in [0, 0.05) is 18.7 Å². The van der Waals surface area contributed by atoms with Crippen molar-refractivity contribution in [3.05, 3.63) is 22.7 Å². The number of carbonyl (C=O) groups is 2. The summed E-state index contributed by atoms with van der Waals surface area (Å²) in [5.41, 5.74) is 5.03. The molecule has 1 rings (SSSR count). The molecule has 1 aromatic heterocycles. The Morgan fingerprint density at radius 1 is 1.30 bits per heavy atom. The smallest absolute Gasteiger partial charge is 0.365 e. The molecule has 0 aliphatic carbocycles. The number of nitrogen functional groups attached to an aromatic ring is 1. The lowest BCUT2D eigenvalue weighted by molar-refractivity contribution is -0.117. The van der Waals surface area contributed by atoms with Gasteiger partial charge >= 0.3 is 5.97 Å². The predicted molar refractivity (Wildman–Crippen MR) is 88.1 cm³/mol. The van der Waals surface area contributed by atoms with E-state index in [9.17, 15) is 9.59 Å². The van der Waals surface area contributed by atoms with Gasteiger partial charge in [-0.2, -0.15) is 0 Å². The van der Waals surface area contributed by atoms with Gasteiger partial charge in [-0.1, -0.05) is 11.6 Å². The first-order valence-corrected chi connectivity index (χ1v) is 7.14. The molecule has 0 aliphatic rings. The minimum Gasteiger partial charge on any atom is -0.426 e. The van der Waals surface area contributed by atoms with Crippen LogP contribution in [-0.2, 0) is 9.53 Å². The molecule has 23 heavy (non-hydrogen) atoms. The molecule has 0 saturated heterocycles. The zero-order valence-electron chi connectivity index (χ0n) is 13.7. The maximum Gasteiger partial charge on any atom is 0.365 e. The fraction of sp³-hybridized carbons (Fsp3) is 0.429. The molecule has 9 heteroatoms. The third kappa shape index (κ3) is 5.74. The van der Waals surface area contributed by atoms with Crippen molar-refractivity contribution in [2.45, 2.75) is 33.2 Å². The number of nitrogens with two attached hydrogens (primary N) is 1. The SMILES string of the molecule is CNc1nc(N)c(C(=O)O/C(C)=C\C(=O)NC(C)(C)C)nc1Cl. The van der Waals surface area contributed by atoms with Crippen molar-refractivity contribution < 1.29 is 14.3 Å². The average molecular weight is 342 g/mol. The van der Waals surface area contributed by atoms with Gasteiger partial charge in [-0.25, -0.2) is 14.8 Å². The summed E-state index contributed by atoms with van der Waals surface area (Å²) < 4.78 is 5.03. The monoisotopic (exact) mass is 341 g/mol. The molecular weight excluding hydrogens is 322 g/mol. The van der Waals surface area contributed by atoms with E-state index in [1.165, 1.54) is 6.92 Å². The summed E-state index contributed by atoms with van der Waals surface area (Å²) in [6.45, 7) is 6.97. The number of amides is 1. The number of nitrogens with one attached hydrogen (secondary N) is 2. The highest BCUT2D eigenvalue weighted by Crippen LogP contribution is 2.20. The second kappa shape index (κ2) is 7.28. The lowest BCUT2D eigenvalue weighted by Gasteiger charge is -2.19. The summed E-state index contributed by atoms with van der Waals surface area (Å²) in [4.78, 5) is 31.5. The molecule has 0 aromatic carbocycles. The maximum absolute atomic E-state index is 12.0.